The molecule has 0 amide bonds. The third-order valence-corrected chi connectivity index (χ3v) is 5.32. The summed E-state index contributed by atoms with van der Waals surface area (Å²) in [6.45, 7) is 4.70. The highest BCUT2D eigenvalue weighted by molar-refractivity contribution is 7.90. The summed E-state index contributed by atoms with van der Waals surface area (Å²) in [4.78, 5) is 2.23. The number of hydrogen-bond donors (Lipinski definition) is 1. The molecule has 0 spiro atoms. The predicted octanol–water partition coefficient (Wildman–Crippen LogP) is 1.42. The maximum atomic E-state index is 13.2. The zero-order valence-corrected chi connectivity index (χ0v) is 15.1. The summed E-state index contributed by atoms with van der Waals surface area (Å²) in [5.74, 6) is -0.565. The van der Waals surface area contributed by atoms with Gasteiger partial charge in [0.2, 0.25) is 0 Å². The van der Waals surface area contributed by atoms with E-state index in [1.807, 2.05) is 11.6 Å². The lowest BCUT2D eigenvalue weighted by Gasteiger charge is -2.28. The van der Waals surface area contributed by atoms with Gasteiger partial charge in [0.25, 0.3) is 0 Å². The van der Waals surface area contributed by atoms with Crippen molar-refractivity contribution in [1.82, 2.24) is 14.7 Å². The molecule has 2 aromatic rings. The van der Waals surface area contributed by atoms with Crippen LogP contribution in [0.3, 0.4) is 0 Å². The van der Waals surface area contributed by atoms with Crippen molar-refractivity contribution in [3.05, 3.63) is 52.6 Å². The van der Waals surface area contributed by atoms with Gasteiger partial charge >= 0.3 is 0 Å². The number of aliphatic hydroxyl groups is 1. The van der Waals surface area contributed by atoms with Crippen molar-refractivity contribution in [2.75, 3.05) is 18.6 Å². The first kappa shape index (κ1) is 18.0. The van der Waals surface area contributed by atoms with Gasteiger partial charge in [-0.25, -0.2) is 12.8 Å². The Labute approximate surface area is 146 Å². The quantitative estimate of drug-likeness (QED) is 0.865. The number of fused-ring (bicyclic) bond motifs is 1. The number of nitrogens with zero attached hydrogens (tertiary/aromatic N) is 3. The number of hydrogen-bond acceptors (Lipinski definition) is 5. The van der Waals surface area contributed by atoms with Crippen LogP contribution in [0.15, 0.2) is 24.3 Å². The first-order valence-electron chi connectivity index (χ1n) is 8.11. The lowest BCUT2D eigenvalue weighted by atomic mass is 10.1. The van der Waals surface area contributed by atoms with E-state index in [-0.39, 0.29) is 11.6 Å². The number of aliphatic hydroxyl groups excluding tert-OH is 1. The van der Waals surface area contributed by atoms with E-state index in [0.717, 1.165) is 29.6 Å². The van der Waals surface area contributed by atoms with Crippen LogP contribution in [0, 0.1) is 12.7 Å². The summed E-state index contributed by atoms with van der Waals surface area (Å²) in [5, 5.41) is 14.4. The number of rotatable bonds is 5. The fraction of sp³-hybridized carbons (Fsp3) is 0.471. The number of sulfone groups is 1. The highest BCUT2D eigenvalue weighted by atomic mass is 32.2. The van der Waals surface area contributed by atoms with Crippen LogP contribution in [0.1, 0.15) is 28.6 Å². The molecule has 1 aliphatic heterocycles. The van der Waals surface area contributed by atoms with Gasteiger partial charge in [0.05, 0.1) is 23.7 Å². The van der Waals surface area contributed by atoms with E-state index in [1.54, 1.807) is 12.1 Å². The molecular formula is C17H22FN3O3S. The Morgan fingerprint density at radius 2 is 2.08 bits per heavy atom. The Hall–Kier alpha value is -1.77. The molecule has 25 heavy (non-hydrogen) atoms. The van der Waals surface area contributed by atoms with Crippen LogP contribution in [-0.2, 0) is 29.5 Å². The second-order valence-electron chi connectivity index (χ2n) is 6.67. The Kier molecular flexibility index (Phi) is 4.95. The Morgan fingerprint density at radius 1 is 1.32 bits per heavy atom. The zero-order chi connectivity index (χ0) is 18.2. The smallest absolute Gasteiger partial charge is 0.150 e. The van der Waals surface area contributed by atoms with E-state index in [9.17, 15) is 17.9 Å². The van der Waals surface area contributed by atoms with Crippen LogP contribution in [-0.4, -0.2) is 46.8 Å². The molecule has 0 radical (unpaired) electrons. The lowest BCUT2D eigenvalue weighted by molar-refractivity contribution is 0.191. The van der Waals surface area contributed by atoms with E-state index in [0.29, 0.717) is 25.3 Å². The summed E-state index contributed by atoms with van der Waals surface area (Å²) < 4.78 is 37.7. The molecule has 136 valence electrons. The number of halogens is 1. The summed E-state index contributed by atoms with van der Waals surface area (Å²) in [5.41, 5.74) is 3.32. The highest BCUT2D eigenvalue weighted by Gasteiger charge is 2.23. The van der Waals surface area contributed by atoms with E-state index in [2.05, 4.69) is 10.00 Å². The van der Waals surface area contributed by atoms with Crippen LogP contribution in [0.2, 0.25) is 0 Å². The lowest BCUT2D eigenvalue weighted by Crippen LogP contribution is -2.33. The topological polar surface area (TPSA) is 75.4 Å². The maximum absolute atomic E-state index is 13.2. The SMILES string of the molecule is Cc1cc(F)ccc1CN1CCn2nc(C(O)CS(C)(=O)=O)cc2C1. The van der Waals surface area contributed by atoms with Gasteiger partial charge in [-0.3, -0.25) is 9.58 Å². The molecule has 8 heteroatoms. The summed E-state index contributed by atoms with van der Waals surface area (Å²) in [7, 11) is -3.27. The number of benzene rings is 1. The molecule has 2 heterocycles. The Bertz CT molecular complexity index is 879. The van der Waals surface area contributed by atoms with Gasteiger partial charge in [-0.15, -0.1) is 0 Å². The monoisotopic (exact) mass is 367 g/mol. The predicted molar refractivity (Wildman–Crippen MR) is 92.1 cm³/mol. The molecule has 0 saturated carbocycles. The summed E-state index contributed by atoms with van der Waals surface area (Å²) >= 11 is 0. The Morgan fingerprint density at radius 3 is 2.76 bits per heavy atom. The molecule has 0 fully saturated rings. The van der Waals surface area contributed by atoms with Crippen molar-refractivity contribution in [1.29, 1.82) is 0 Å². The average molecular weight is 367 g/mol. The van der Waals surface area contributed by atoms with Crippen molar-refractivity contribution >= 4 is 9.84 Å². The second kappa shape index (κ2) is 6.86. The fourth-order valence-corrected chi connectivity index (χ4v) is 3.83. The van der Waals surface area contributed by atoms with Gasteiger partial charge in [-0.1, -0.05) is 6.07 Å². The van der Waals surface area contributed by atoms with Crippen LogP contribution in [0.5, 0.6) is 0 Å². The number of aromatic nitrogens is 2. The maximum Gasteiger partial charge on any atom is 0.150 e. The van der Waals surface area contributed by atoms with E-state index in [1.165, 1.54) is 12.1 Å². The molecule has 1 aromatic carbocycles. The standard InChI is InChI=1S/C17H22FN3O3S/c1-12-7-14(18)4-3-13(12)9-20-5-6-21-15(10-20)8-16(19-21)17(22)11-25(2,23)24/h3-4,7-8,17,22H,5-6,9-11H2,1-2H3. The van der Waals surface area contributed by atoms with E-state index < -0.39 is 15.9 Å². The Balaban J connectivity index is 1.71. The number of aryl methyl sites for hydroxylation is 1. The minimum Gasteiger partial charge on any atom is -0.386 e. The van der Waals surface area contributed by atoms with E-state index in [4.69, 9.17) is 0 Å². The van der Waals surface area contributed by atoms with Gasteiger partial charge in [0, 0.05) is 25.9 Å². The largest absolute Gasteiger partial charge is 0.386 e. The summed E-state index contributed by atoms with van der Waals surface area (Å²) in [6, 6.07) is 6.57. The van der Waals surface area contributed by atoms with Gasteiger partial charge in [-0.2, -0.15) is 5.10 Å². The molecule has 1 unspecified atom stereocenters. The molecular weight excluding hydrogens is 345 g/mol. The van der Waals surface area contributed by atoms with Crippen molar-refractivity contribution in [3.63, 3.8) is 0 Å². The van der Waals surface area contributed by atoms with E-state index >= 15 is 0 Å². The van der Waals surface area contributed by atoms with Gasteiger partial charge in [0.15, 0.2) is 0 Å². The third-order valence-electron chi connectivity index (χ3n) is 4.40. The van der Waals surface area contributed by atoms with Crippen LogP contribution in [0.4, 0.5) is 4.39 Å². The third kappa shape index (κ3) is 4.45. The zero-order valence-electron chi connectivity index (χ0n) is 14.3. The van der Waals surface area contributed by atoms with Crippen molar-refractivity contribution in [2.45, 2.75) is 32.7 Å². The molecule has 1 aliphatic rings. The summed E-state index contributed by atoms with van der Waals surface area (Å²) in [6.07, 6.45) is -0.0141. The molecule has 1 aromatic heterocycles. The van der Waals surface area contributed by atoms with Crippen LogP contribution in [0.25, 0.3) is 0 Å². The van der Waals surface area contributed by atoms with Crippen LogP contribution >= 0.6 is 0 Å². The van der Waals surface area contributed by atoms with Gasteiger partial charge in [0.1, 0.15) is 21.8 Å². The van der Waals surface area contributed by atoms with Gasteiger partial charge < -0.3 is 5.11 Å². The molecule has 1 N–H and O–H groups in total. The van der Waals surface area contributed by atoms with Crippen molar-refractivity contribution < 1.29 is 17.9 Å². The first-order valence-corrected chi connectivity index (χ1v) is 10.2. The average Bonchev–Trinajstić information content (AvgIpc) is 2.92. The second-order valence-corrected chi connectivity index (χ2v) is 8.86. The molecule has 6 nitrogen and oxygen atoms in total. The normalized spacial score (nSPS) is 16.6. The molecule has 1 atom stereocenters. The van der Waals surface area contributed by atoms with Crippen molar-refractivity contribution in [3.8, 4) is 0 Å². The molecule has 3 rings (SSSR count). The first-order chi connectivity index (χ1) is 11.7. The minimum atomic E-state index is -3.27. The van der Waals surface area contributed by atoms with Crippen molar-refractivity contribution in [2.24, 2.45) is 0 Å². The minimum absolute atomic E-state index is 0.234. The van der Waals surface area contributed by atoms with Gasteiger partial charge in [-0.05, 0) is 36.2 Å². The molecule has 0 saturated heterocycles. The molecule has 0 aliphatic carbocycles. The fourth-order valence-electron chi connectivity index (χ4n) is 3.09. The molecule has 0 bridgehead atoms. The highest BCUT2D eigenvalue weighted by Crippen LogP contribution is 2.21. The van der Waals surface area contributed by atoms with Crippen LogP contribution < -0.4 is 0 Å².